The molecule has 0 N–H and O–H groups in total. The second-order valence-electron chi connectivity index (χ2n) is 6.79. The van der Waals surface area contributed by atoms with Gasteiger partial charge in [-0.3, -0.25) is 5.01 Å². The van der Waals surface area contributed by atoms with Gasteiger partial charge in [0.15, 0.2) is 5.82 Å². The Labute approximate surface area is 163 Å². The summed E-state index contributed by atoms with van der Waals surface area (Å²) in [6.45, 7) is 9.79. The number of aromatic nitrogens is 2. The maximum atomic E-state index is 13.5. The van der Waals surface area contributed by atoms with E-state index >= 15 is 0 Å². The quantitative estimate of drug-likeness (QED) is 0.376. The van der Waals surface area contributed by atoms with E-state index in [1.807, 2.05) is 27.7 Å². The second kappa shape index (κ2) is 9.38. The summed E-state index contributed by atoms with van der Waals surface area (Å²) in [5.74, 6) is -1.81. The van der Waals surface area contributed by atoms with Crippen molar-refractivity contribution in [2.45, 2.75) is 53.2 Å². The summed E-state index contributed by atoms with van der Waals surface area (Å²) in [6.07, 6.45) is 1.32. The van der Waals surface area contributed by atoms with Crippen LogP contribution in [0, 0.1) is 11.6 Å². The van der Waals surface area contributed by atoms with E-state index in [1.54, 1.807) is 11.9 Å². The largest absolute Gasteiger partial charge is 0.462 e. The number of rotatable bonds is 8. The fourth-order valence-electron chi connectivity index (χ4n) is 2.72. The third kappa shape index (κ3) is 5.34. The molecule has 0 spiro atoms. The van der Waals surface area contributed by atoms with E-state index in [9.17, 15) is 13.6 Å². The van der Waals surface area contributed by atoms with Crippen molar-refractivity contribution in [1.82, 2.24) is 14.8 Å². The summed E-state index contributed by atoms with van der Waals surface area (Å²) in [4.78, 5) is 12.2. The Morgan fingerprint density at radius 3 is 2.32 bits per heavy atom. The lowest BCUT2D eigenvalue weighted by Gasteiger charge is -2.25. The number of carbonyl (C=O) groups excluding carboxylic acids is 1. The smallest absolute Gasteiger partial charge is 0.343 e. The Morgan fingerprint density at radius 1 is 1.18 bits per heavy atom. The van der Waals surface area contributed by atoms with Gasteiger partial charge < -0.3 is 4.74 Å². The molecule has 0 aliphatic heterocycles. The van der Waals surface area contributed by atoms with E-state index in [-0.39, 0.29) is 36.6 Å². The molecule has 28 heavy (non-hydrogen) atoms. The van der Waals surface area contributed by atoms with Gasteiger partial charge in [0.1, 0.15) is 17.2 Å². The molecule has 9 heteroatoms. The molecule has 0 atom stereocenters. The van der Waals surface area contributed by atoms with Crippen LogP contribution in [0.15, 0.2) is 34.7 Å². The monoisotopic (exact) mass is 393 g/mol. The topological polar surface area (TPSA) is 72.1 Å². The molecule has 2 rings (SSSR count). The number of benzene rings is 1. The highest BCUT2D eigenvalue weighted by Crippen LogP contribution is 2.23. The molecule has 152 valence electrons. The Bertz CT molecular complexity index is 821. The zero-order valence-electron chi connectivity index (χ0n) is 16.7. The molecule has 0 aliphatic rings. The molecule has 0 saturated carbocycles. The van der Waals surface area contributed by atoms with Crippen LogP contribution in [-0.2, 0) is 11.3 Å². The highest BCUT2D eigenvalue weighted by molar-refractivity contribution is 5.93. The SMILES string of the molecule is CCOC(=O)c1cnn(Cc2cc(F)cc(F)c2)c1/N=N/N(C(C)C)C(C)C. The zero-order chi connectivity index (χ0) is 20.8. The molecule has 1 heterocycles. The van der Waals surface area contributed by atoms with E-state index in [0.29, 0.717) is 5.56 Å². The minimum atomic E-state index is -0.693. The van der Waals surface area contributed by atoms with Gasteiger partial charge in [-0.05, 0) is 52.3 Å². The standard InChI is InChI=1S/C19H25F2N5O2/c1-6-28-19(27)17-10-22-25(11-14-7-15(20)9-16(21)8-14)18(17)23-24-26(12(2)3)13(4)5/h7-10,12-13H,6,11H2,1-5H3/b24-23+. The van der Waals surface area contributed by atoms with Crippen molar-refractivity contribution in [3.8, 4) is 0 Å². The lowest BCUT2D eigenvalue weighted by Crippen LogP contribution is -2.31. The number of hydrogen-bond acceptors (Lipinski definition) is 5. The Kier molecular flexibility index (Phi) is 7.19. The molecule has 0 amide bonds. The van der Waals surface area contributed by atoms with E-state index < -0.39 is 17.6 Å². The van der Waals surface area contributed by atoms with Gasteiger partial charge in [0.05, 0.1) is 19.3 Å². The molecule has 0 saturated heterocycles. The van der Waals surface area contributed by atoms with Crippen molar-refractivity contribution >= 4 is 11.8 Å². The summed E-state index contributed by atoms with van der Waals surface area (Å²) in [6, 6.07) is 3.36. The highest BCUT2D eigenvalue weighted by atomic mass is 19.1. The van der Waals surface area contributed by atoms with Crippen LogP contribution in [0.5, 0.6) is 0 Å². The predicted octanol–water partition coefficient (Wildman–Crippen LogP) is 4.50. The minimum Gasteiger partial charge on any atom is -0.462 e. The Hall–Kier alpha value is -2.84. The maximum absolute atomic E-state index is 13.5. The zero-order valence-corrected chi connectivity index (χ0v) is 16.7. The van der Waals surface area contributed by atoms with E-state index in [0.717, 1.165) is 6.07 Å². The van der Waals surface area contributed by atoms with E-state index in [2.05, 4.69) is 15.4 Å². The van der Waals surface area contributed by atoms with Gasteiger partial charge in [0, 0.05) is 18.2 Å². The van der Waals surface area contributed by atoms with Gasteiger partial charge >= 0.3 is 5.97 Å². The lowest BCUT2D eigenvalue weighted by atomic mass is 10.2. The molecular formula is C19H25F2N5O2. The second-order valence-corrected chi connectivity index (χ2v) is 6.79. The molecule has 1 aromatic carbocycles. The summed E-state index contributed by atoms with van der Waals surface area (Å²) < 4.78 is 33.4. The maximum Gasteiger partial charge on any atom is 0.343 e. The lowest BCUT2D eigenvalue weighted by molar-refractivity contribution is 0.0527. The van der Waals surface area contributed by atoms with Crippen molar-refractivity contribution in [3.05, 3.63) is 47.2 Å². The molecule has 1 aromatic heterocycles. The summed E-state index contributed by atoms with van der Waals surface area (Å²) in [5.41, 5.74) is 0.479. The van der Waals surface area contributed by atoms with Gasteiger partial charge in [-0.15, -0.1) is 5.11 Å². The van der Waals surface area contributed by atoms with Crippen molar-refractivity contribution in [1.29, 1.82) is 0 Å². The summed E-state index contributed by atoms with van der Waals surface area (Å²) in [7, 11) is 0. The van der Waals surface area contributed by atoms with E-state index in [1.165, 1.54) is 23.0 Å². The van der Waals surface area contributed by atoms with Gasteiger partial charge in [-0.25, -0.2) is 18.3 Å². The molecular weight excluding hydrogens is 368 g/mol. The van der Waals surface area contributed by atoms with Crippen LogP contribution in [-0.4, -0.2) is 39.4 Å². The molecule has 0 aliphatic carbocycles. The first-order valence-electron chi connectivity index (χ1n) is 9.10. The average molecular weight is 393 g/mol. The number of halogens is 2. The minimum absolute atomic E-state index is 0.0196. The first-order chi connectivity index (χ1) is 13.2. The average Bonchev–Trinajstić information content (AvgIpc) is 2.96. The summed E-state index contributed by atoms with van der Waals surface area (Å²) in [5, 5.41) is 14.4. The van der Waals surface area contributed by atoms with Gasteiger partial charge in [-0.1, -0.05) is 5.22 Å². The fourth-order valence-corrected chi connectivity index (χ4v) is 2.72. The molecule has 0 fully saturated rings. The van der Waals surface area contributed by atoms with Crippen molar-refractivity contribution in [2.24, 2.45) is 10.3 Å². The molecule has 0 bridgehead atoms. The number of esters is 1. The predicted molar refractivity (Wildman–Crippen MR) is 100 cm³/mol. The Morgan fingerprint density at radius 2 is 1.79 bits per heavy atom. The fraction of sp³-hybridized carbons (Fsp3) is 0.474. The Balaban J connectivity index is 2.44. The third-order valence-corrected chi connectivity index (χ3v) is 3.86. The van der Waals surface area contributed by atoms with Crippen LogP contribution in [0.4, 0.5) is 14.6 Å². The molecule has 7 nitrogen and oxygen atoms in total. The van der Waals surface area contributed by atoms with Gasteiger partial charge in [-0.2, -0.15) is 5.10 Å². The van der Waals surface area contributed by atoms with Crippen LogP contribution in [0.2, 0.25) is 0 Å². The van der Waals surface area contributed by atoms with Crippen LogP contribution >= 0.6 is 0 Å². The summed E-state index contributed by atoms with van der Waals surface area (Å²) >= 11 is 0. The van der Waals surface area contributed by atoms with Crippen LogP contribution in [0.1, 0.15) is 50.5 Å². The molecule has 2 aromatic rings. The van der Waals surface area contributed by atoms with Crippen molar-refractivity contribution in [3.63, 3.8) is 0 Å². The van der Waals surface area contributed by atoms with Crippen molar-refractivity contribution in [2.75, 3.05) is 6.61 Å². The van der Waals surface area contributed by atoms with Gasteiger partial charge in [0.2, 0.25) is 0 Å². The number of ether oxygens (including phenoxy) is 1. The highest BCUT2D eigenvalue weighted by Gasteiger charge is 2.20. The number of carbonyl (C=O) groups is 1. The van der Waals surface area contributed by atoms with Crippen LogP contribution in [0.25, 0.3) is 0 Å². The first kappa shape index (κ1) is 21.5. The third-order valence-electron chi connectivity index (χ3n) is 3.86. The van der Waals surface area contributed by atoms with Crippen LogP contribution in [0.3, 0.4) is 0 Å². The molecule has 0 unspecified atom stereocenters. The number of hydrogen-bond donors (Lipinski definition) is 0. The first-order valence-corrected chi connectivity index (χ1v) is 9.10. The van der Waals surface area contributed by atoms with Crippen molar-refractivity contribution < 1.29 is 18.3 Å². The normalized spacial score (nSPS) is 11.6. The van der Waals surface area contributed by atoms with E-state index in [4.69, 9.17) is 4.74 Å². The number of nitrogens with zero attached hydrogens (tertiary/aromatic N) is 5. The molecule has 0 radical (unpaired) electrons. The van der Waals surface area contributed by atoms with Gasteiger partial charge in [0.25, 0.3) is 0 Å². The van der Waals surface area contributed by atoms with Crippen LogP contribution < -0.4 is 0 Å².